The molecule has 0 amide bonds. The van der Waals surface area contributed by atoms with Crippen LogP contribution in [0.4, 0.5) is 0 Å². The summed E-state index contributed by atoms with van der Waals surface area (Å²) in [6, 6.07) is 0.363. The molecule has 1 aromatic rings. The van der Waals surface area contributed by atoms with Crippen LogP contribution in [0.5, 0.6) is 0 Å². The fourth-order valence-electron chi connectivity index (χ4n) is 2.80. The average Bonchev–Trinajstić information content (AvgIpc) is 3.08. The standard InChI is InChI=1S/C14H24N4O3/c1-9(2)18-4-5-20-10(6-18)12-16-13(21-17-12)14(3)8-19-7-11(14)15/h9-11H,4-8,15H2,1-3H3. The Kier molecular flexibility index (Phi) is 4.00. The van der Waals surface area contributed by atoms with Crippen molar-refractivity contribution in [3.8, 4) is 0 Å². The smallest absolute Gasteiger partial charge is 0.236 e. The van der Waals surface area contributed by atoms with E-state index in [1.165, 1.54) is 0 Å². The number of nitrogens with zero attached hydrogens (tertiary/aromatic N) is 3. The van der Waals surface area contributed by atoms with E-state index < -0.39 is 5.41 Å². The summed E-state index contributed by atoms with van der Waals surface area (Å²) in [7, 11) is 0. The highest BCUT2D eigenvalue weighted by Gasteiger charge is 2.44. The number of hydrogen-bond donors (Lipinski definition) is 1. The third kappa shape index (κ3) is 2.70. The molecule has 2 saturated heterocycles. The van der Waals surface area contributed by atoms with Gasteiger partial charge in [0.2, 0.25) is 11.7 Å². The van der Waals surface area contributed by atoms with Gasteiger partial charge in [-0.3, -0.25) is 4.90 Å². The van der Waals surface area contributed by atoms with Gasteiger partial charge in [0.25, 0.3) is 0 Å². The van der Waals surface area contributed by atoms with Crippen LogP contribution in [0, 0.1) is 0 Å². The number of nitrogens with two attached hydrogens (primary N) is 1. The van der Waals surface area contributed by atoms with Crippen molar-refractivity contribution < 1.29 is 14.0 Å². The second kappa shape index (κ2) is 5.64. The zero-order chi connectivity index (χ0) is 15.0. The van der Waals surface area contributed by atoms with Gasteiger partial charge in [-0.05, 0) is 20.8 Å². The summed E-state index contributed by atoms with van der Waals surface area (Å²) in [6.07, 6.45) is -0.138. The largest absolute Gasteiger partial charge is 0.379 e. The molecule has 3 rings (SSSR count). The predicted octanol–water partition coefficient (Wildman–Crippen LogP) is 0.467. The van der Waals surface area contributed by atoms with Gasteiger partial charge >= 0.3 is 0 Å². The summed E-state index contributed by atoms with van der Waals surface area (Å²) < 4.78 is 16.7. The summed E-state index contributed by atoms with van der Waals surface area (Å²) in [5, 5.41) is 4.11. The third-order valence-electron chi connectivity index (χ3n) is 4.56. The van der Waals surface area contributed by atoms with E-state index in [4.69, 9.17) is 19.7 Å². The first-order valence-corrected chi connectivity index (χ1v) is 7.54. The minimum atomic E-state index is -0.405. The summed E-state index contributed by atoms with van der Waals surface area (Å²) >= 11 is 0. The minimum Gasteiger partial charge on any atom is -0.379 e. The Morgan fingerprint density at radius 3 is 2.90 bits per heavy atom. The highest BCUT2D eigenvalue weighted by Crippen LogP contribution is 2.32. The molecule has 0 spiro atoms. The summed E-state index contributed by atoms with van der Waals surface area (Å²) in [6.45, 7) is 9.82. The number of aromatic nitrogens is 2. The maximum Gasteiger partial charge on any atom is 0.236 e. The minimum absolute atomic E-state index is 0.120. The monoisotopic (exact) mass is 296 g/mol. The lowest BCUT2D eigenvalue weighted by Gasteiger charge is -2.34. The Labute approximate surface area is 124 Å². The van der Waals surface area contributed by atoms with Crippen LogP contribution in [0.15, 0.2) is 4.52 Å². The van der Waals surface area contributed by atoms with Crippen molar-refractivity contribution in [3.05, 3.63) is 11.7 Å². The second-order valence-corrected chi connectivity index (χ2v) is 6.44. The summed E-state index contributed by atoms with van der Waals surface area (Å²) in [5.74, 6) is 1.16. The topological polar surface area (TPSA) is 86.6 Å². The van der Waals surface area contributed by atoms with Gasteiger partial charge in [0.15, 0.2) is 0 Å². The first kappa shape index (κ1) is 14.9. The maximum atomic E-state index is 6.10. The van der Waals surface area contributed by atoms with Gasteiger partial charge in [-0.15, -0.1) is 0 Å². The Morgan fingerprint density at radius 2 is 2.24 bits per heavy atom. The van der Waals surface area contributed by atoms with Gasteiger partial charge in [0.05, 0.1) is 25.2 Å². The van der Waals surface area contributed by atoms with E-state index in [0.717, 1.165) is 13.1 Å². The van der Waals surface area contributed by atoms with Crippen LogP contribution in [0.2, 0.25) is 0 Å². The van der Waals surface area contributed by atoms with Gasteiger partial charge < -0.3 is 19.7 Å². The lowest BCUT2D eigenvalue weighted by atomic mass is 9.86. The van der Waals surface area contributed by atoms with Crippen LogP contribution in [0.25, 0.3) is 0 Å². The molecule has 1 aromatic heterocycles. The first-order valence-electron chi connectivity index (χ1n) is 7.54. The first-order chi connectivity index (χ1) is 10.0. The summed E-state index contributed by atoms with van der Waals surface area (Å²) in [4.78, 5) is 6.90. The van der Waals surface area contributed by atoms with Crippen molar-refractivity contribution in [3.63, 3.8) is 0 Å². The Bertz CT molecular complexity index is 492. The van der Waals surface area contributed by atoms with Gasteiger partial charge in [-0.25, -0.2) is 0 Å². The predicted molar refractivity (Wildman–Crippen MR) is 75.8 cm³/mol. The molecular weight excluding hydrogens is 272 g/mol. The number of ether oxygens (including phenoxy) is 2. The van der Waals surface area contributed by atoms with E-state index in [9.17, 15) is 0 Å². The number of morpholine rings is 1. The number of rotatable bonds is 3. The quantitative estimate of drug-likeness (QED) is 0.867. The number of hydrogen-bond acceptors (Lipinski definition) is 7. The molecule has 3 unspecified atom stereocenters. The molecule has 118 valence electrons. The van der Waals surface area contributed by atoms with E-state index in [-0.39, 0.29) is 12.1 Å². The molecule has 7 nitrogen and oxygen atoms in total. The molecule has 7 heteroatoms. The zero-order valence-corrected chi connectivity index (χ0v) is 12.9. The lowest BCUT2D eigenvalue weighted by molar-refractivity contribution is -0.0450. The summed E-state index contributed by atoms with van der Waals surface area (Å²) in [5.41, 5.74) is 5.70. The van der Waals surface area contributed by atoms with Crippen molar-refractivity contribution in [1.82, 2.24) is 15.0 Å². The maximum absolute atomic E-state index is 6.10. The van der Waals surface area contributed by atoms with Crippen molar-refractivity contribution in [2.75, 3.05) is 32.9 Å². The van der Waals surface area contributed by atoms with Crippen molar-refractivity contribution in [2.45, 2.75) is 44.4 Å². The third-order valence-corrected chi connectivity index (χ3v) is 4.56. The molecule has 2 N–H and O–H groups in total. The van der Waals surface area contributed by atoms with Crippen LogP contribution in [-0.2, 0) is 14.9 Å². The molecule has 2 aliphatic heterocycles. The van der Waals surface area contributed by atoms with Gasteiger partial charge in [0.1, 0.15) is 6.10 Å². The van der Waals surface area contributed by atoms with E-state index in [1.54, 1.807) is 0 Å². The molecule has 2 aliphatic rings. The van der Waals surface area contributed by atoms with Crippen LogP contribution in [0.3, 0.4) is 0 Å². The molecular formula is C14H24N4O3. The highest BCUT2D eigenvalue weighted by atomic mass is 16.5. The highest BCUT2D eigenvalue weighted by molar-refractivity contribution is 5.12. The van der Waals surface area contributed by atoms with Gasteiger partial charge in [-0.1, -0.05) is 5.16 Å². The molecule has 2 fully saturated rings. The van der Waals surface area contributed by atoms with Gasteiger partial charge in [0, 0.05) is 25.2 Å². The van der Waals surface area contributed by atoms with Crippen LogP contribution in [-0.4, -0.2) is 60.0 Å². The molecule has 3 atom stereocenters. The van der Waals surface area contributed by atoms with E-state index >= 15 is 0 Å². The molecule has 0 aliphatic carbocycles. The van der Waals surface area contributed by atoms with Crippen molar-refractivity contribution in [1.29, 1.82) is 0 Å². The van der Waals surface area contributed by atoms with Crippen molar-refractivity contribution in [2.24, 2.45) is 5.73 Å². The zero-order valence-electron chi connectivity index (χ0n) is 12.9. The van der Waals surface area contributed by atoms with E-state index in [0.29, 0.717) is 37.6 Å². The van der Waals surface area contributed by atoms with E-state index in [1.807, 2.05) is 6.92 Å². The molecule has 0 aromatic carbocycles. The molecule has 0 radical (unpaired) electrons. The lowest BCUT2D eigenvalue weighted by Crippen LogP contribution is -2.43. The Balaban J connectivity index is 1.76. The Morgan fingerprint density at radius 1 is 1.43 bits per heavy atom. The Hall–Kier alpha value is -1.02. The normalized spacial score (nSPS) is 34.7. The fourth-order valence-corrected chi connectivity index (χ4v) is 2.80. The van der Waals surface area contributed by atoms with E-state index in [2.05, 4.69) is 28.9 Å². The van der Waals surface area contributed by atoms with Crippen molar-refractivity contribution >= 4 is 0 Å². The molecule has 0 saturated carbocycles. The average molecular weight is 296 g/mol. The molecule has 3 heterocycles. The molecule has 21 heavy (non-hydrogen) atoms. The second-order valence-electron chi connectivity index (χ2n) is 6.44. The fraction of sp³-hybridized carbons (Fsp3) is 0.857. The SMILES string of the molecule is CC(C)N1CCOC(c2noc(C3(C)COCC3N)n2)C1. The van der Waals surface area contributed by atoms with Crippen LogP contribution >= 0.6 is 0 Å². The van der Waals surface area contributed by atoms with Crippen LogP contribution < -0.4 is 5.73 Å². The van der Waals surface area contributed by atoms with Gasteiger partial charge in [-0.2, -0.15) is 4.98 Å². The van der Waals surface area contributed by atoms with Crippen LogP contribution in [0.1, 0.15) is 38.6 Å². The molecule has 0 bridgehead atoms.